The second-order valence-corrected chi connectivity index (χ2v) is 5.92. The summed E-state index contributed by atoms with van der Waals surface area (Å²) in [5.74, 6) is 0.0825. The minimum atomic E-state index is -1.15. The number of carbonyl (C=O) groups is 1. The Bertz CT molecular complexity index is 619. The summed E-state index contributed by atoms with van der Waals surface area (Å²) in [5, 5.41) is -0.214. The lowest BCUT2D eigenvalue weighted by Crippen LogP contribution is -2.20. The van der Waals surface area contributed by atoms with Crippen molar-refractivity contribution in [1.82, 2.24) is 0 Å². The zero-order chi connectivity index (χ0) is 12.5. The van der Waals surface area contributed by atoms with Gasteiger partial charge in [0.1, 0.15) is 0 Å². The molecule has 0 N–H and O–H groups in total. The topological polar surface area (TPSA) is 34.1 Å². The Balaban J connectivity index is 2.08. The Morgan fingerprint density at radius 1 is 0.944 bits per heavy atom. The summed E-state index contributed by atoms with van der Waals surface area (Å²) in [6, 6.07) is 16.8. The molecule has 0 saturated heterocycles. The molecule has 2 unspecified atom stereocenters. The third-order valence-electron chi connectivity index (χ3n) is 3.20. The van der Waals surface area contributed by atoms with E-state index in [2.05, 4.69) is 0 Å². The fourth-order valence-electron chi connectivity index (χ4n) is 2.29. The number of ketones is 1. The molecule has 0 aliphatic carbocycles. The van der Waals surface area contributed by atoms with E-state index in [0.717, 1.165) is 5.56 Å². The summed E-state index contributed by atoms with van der Waals surface area (Å²) in [6.45, 7) is 0. The highest BCUT2D eigenvalue weighted by molar-refractivity contribution is 7.85. The molecule has 0 amide bonds. The largest absolute Gasteiger partial charge is 0.294 e. The van der Waals surface area contributed by atoms with Crippen molar-refractivity contribution in [2.24, 2.45) is 0 Å². The van der Waals surface area contributed by atoms with Crippen molar-refractivity contribution in [3.63, 3.8) is 0 Å². The molecule has 2 aromatic rings. The molecule has 1 aliphatic heterocycles. The van der Waals surface area contributed by atoms with Crippen LogP contribution in [0, 0.1) is 0 Å². The zero-order valence-corrected chi connectivity index (χ0v) is 10.5. The molecular weight excluding hydrogens is 244 g/mol. The fourth-order valence-corrected chi connectivity index (χ4v) is 3.91. The Morgan fingerprint density at radius 3 is 2.39 bits per heavy atom. The van der Waals surface area contributed by atoms with E-state index in [0.29, 0.717) is 16.9 Å². The van der Waals surface area contributed by atoms with E-state index in [1.54, 1.807) is 12.1 Å². The first-order valence-electron chi connectivity index (χ1n) is 5.85. The second kappa shape index (κ2) is 4.50. The molecule has 2 aromatic carbocycles. The molecular formula is C15H12O2S. The molecule has 3 heteroatoms. The van der Waals surface area contributed by atoms with Crippen LogP contribution in [0.5, 0.6) is 0 Å². The average Bonchev–Trinajstić information content (AvgIpc) is 2.44. The van der Waals surface area contributed by atoms with Crippen LogP contribution in [-0.4, -0.2) is 9.99 Å². The lowest BCUT2D eigenvalue weighted by molar-refractivity contribution is 0.0975. The van der Waals surface area contributed by atoms with Crippen LogP contribution in [0.15, 0.2) is 59.5 Å². The van der Waals surface area contributed by atoms with E-state index in [1.807, 2.05) is 42.5 Å². The highest BCUT2D eigenvalue weighted by Crippen LogP contribution is 2.35. The van der Waals surface area contributed by atoms with Crippen LogP contribution in [0.25, 0.3) is 0 Å². The molecule has 1 aliphatic rings. The maximum atomic E-state index is 12.5. The third kappa shape index (κ3) is 1.81. The number of Topliss-reactive ketones (excluding diaryl/α,β-unsaturated/α-hetero) is 1. The van der Waals surface area contributed by atoms with Gasteiger partial charge in [-0.05, 0) is 11.6 Å². The van der Waals surface area contributed by atoms with E-state index in [4.69, 9.17) is 0 Å². The molecule has 0 spiro atoms. The second-order valence-electron chi connectivity index (χ2n) is 4.32. The van der Waals surface area contributed by atoms with E-state index in [1.165, 1.54) is 0 Å². The normalized spacial score (nSPS) is 22.6. The SMILES string of the molecule is O=C1CC(c2ccccc2)S(=O)c2ccccc21. The summed E-state index contributed by atoms with van der Waals surface area (Å²) in [4.78, 5) is 12.7. The number of benzene rings is 2. The maximum Gasteiger partial charge on any atom is 0.165 e. The van der Waals surface area contributed by atoms with Gasteiger partial charge in [0.05, 0.1) is 20.9 Å². The van der Waals surface area contributed by atoms with Gasteiger partial charge in [-0.1, -0.05) is 48.5 Å². The van der Waals surface area contributed by atoms with Gasteiger partial charge in [-0.25, -0.2) is 0 Å². The van der Waals surface area contributed by atoms with Gasteiger partial charge in [0.25, 0.3) is 0 Å². The Hall–Kier alpha value is -1.74. The summed E-state index contributed by atoms with van der Waals surface area (Å²) >= 11 is 0. The van der Waals surface area contributed by atoms with Crippen LogP contribution < -0.4 is 0 Å². The van der Waals surface area contributed by atoms with Crippen LogP contribution in [0.4, 0.5) is 0 Å². The zero-order valence-electron chi connectivity index (χ0n) is 9.71. The van der Waals surface area contributed by atoms with Crippen LogP contribution in [0.3, 0.4) is 0 Å². The Labute approximate surface area is 108 Å². The number of fused-ring (bicyclic) bond motifs is 1. The molecule has 2 nitrogen and oxygen atoms in total. The maximum absolute atomic E-state index is 12.5. The molecule has 90 valence electrons. The minimum absolute atomic E-state index is 0.0825. The van der Waals surface area contributed by atoms with E-state index >= 15 is 0 Å². The molecule has 18 heavy (non-hydrogen) atoms. The summed E-state index contributed by atoms with van der Waals surface area (Å²) in [5.41, 5.74) is 1.58. The molecule has 1 heterocycles. The fraction of sp³-hybridized carbons (Fsp3) is 0.133. The molecule has 0 saturated carbocycles. The Kier molecular flexibility index (Phi) is 2.84. The van der Waals surface area contributed by atoms with Gasteiger partial charge in [-0.2, -0.15) is 0 Å². The lowest BCUT2D eigenvalue weighted by atomic mass is 10.0. The molecule has 0 radical (unpaired) electrons. The van der Waals surface area contributed by atoms with Crippen molar-refractivity contribution in [1.29, 1.82) is 0 Å². The van der Waals surface area contributed by atoms with E-state index in [-0.39, 0.29) is 11.0 Å². The molecule has 0 aromatic heterocycles. The van der Waals surface area contributed by atoms with E-state index < -0.39 is 10.8 Å². The summed E-state index contributed by atoms with van der Waals surface area (Å²) < 4.78 is 12.5. The average molecular weight is 256 g/mol. The van der Waals surface area contributed by atoms with Crippen LogP contribution in [0.2, 0.25) is 0 Å². The highest BCUT2D eigenvalue weighted by Gasteiger charge is 2.31. The summed E-state index contributed by atoms with van der Waals surface area (Å²) in [7, 11) is -1.15. The van der Waals surface area contributed by atoms with Crippen molar-refractivity contribution in [2.45, 2.75) is 16.6 Å². The van der Waals surface area contributed by atoms with Gasteiger partial charge >= 0.3 is 0 Å². The van der Waals surface area contributed by atoms with Crippen LogP contribution in [-0.2, 0) is 10.8 Å². The monoisotopic (exact) mass is 256 g/mol. The van der Waals surface area contributed by atoms with Gasteiger partial charge in [0, 0.05) is 12.0 Å². The first kappa shape index (κ1) is 11.4. The first-order valence-corrected chi connectivity index (χ1v) is 7.06. The van der Waals surface area contributed by atoms with Gasteiger partial charge in [-0.3, -0.25) is 9.00 Å². The van der Waals surface area contributed by atoms with Gasteiger partial charge in [0.15, 0.2) is 5.78 Å². The van der Waals surface area contributed by atoms with Crippen molar-refractivity contribution in [3.8, 4) is 0 Å². The molecule has 2 atom stereocenters. The molecule has 0 bridgehead atoms. The van der Waals surface area contributed by atoms with Crippen LogP contribution in [0.1, 0.15) is 27.6 Å². The number of hydrogen-bond acceptors (Lipinski definition) is 2. The Morgan fingerprint density at radius 2 is 1.61 bits per heavy atom. The standard InChI is InChI=1S/C15H12O2S/c16-13-10-15(11-6-2-1-3-7-11)18(17)14-9-5-4-8-12(13)14/h1-9,15H,10H2. The predicted molar refractivity (Wildman–Crippen MR) is 71.0 cm³/mol. The van der Waals surface area contributed by atoms with Gasteiger partial charge in [-0.15, -0.1) is 0 Å². The number of carbonyl (C=O) groups excluding carboxylic acids is 1. The van der Waals surface area contributed by atoms with Gasteiger partial charge in [0.2, 0.25) is 0 Å². The first-order chi connectivity index (χ1) is 8.77. The van der Waals surface area contributed by atoms with E-state index in [9.17, 15) is 9.00 Å². The smallest absolute Gasteiger partial charge is 0.165 e. The third-order valence-corrected chi connectivity index (χ3v) is 4.95. The number of rotatable bonds is 1. The number of hydrogen-bond donors (Lipinski definition) is 0. The minimum Gasteiger partial charge on any atom is -0.294 e. The summed E-state index contributed by atoms with van der Waals surface area (Å²) in [6.07, 6.45) is 0.327. The van der Waals surface area contributed by atoms with Crippen molar-refractivity contribution < 1.29 is 9.00 Å². The van der Waals surface area contributed by atoms with Crippen molar-refractivity contribution in [2.75, 3.05) is 0 Å². The van der Waals surface area contributed by atoms with Gasteiger partial charge < -0.3 is 0 Å². The van der Waals surface area contributed by atoms with Crippen LogP contribution >= 0.6 is 0 Å². The lowest BCUT2D eigenvalue weighted by Gasteiger charge is -2.23. The quantitative estimate of drug-likeness (QED) is 0.785. The van der Waals surface area contributed by atoms with Crippen molar-refractivity contribution in [3.05, 3.63) is 65.7 Å². The van der Waals surface area contributed by atoms with Crippen molar-refractivity contribution >= 4 is 16.6 Å². The molecule has 3 rings (SSSR count). The highest BCUT2D eigenvalue weighted by atomic mass is 32.2. The predicted octanol–water partition coefficient (Wildman–Crippen LogP) is 3.12. The molecule has 0 fully saturated rings.